The third-order valence-electron chi connectivity index (χ3n) is 4.83. The average molecular weight is 423 g/mol. The Morgan fingerprint density at radius 3 is 2.39 bits per heavy atom. The van der Waals surface area contributed by atoms with Crippen molar-refractivity contribution in [3.8, 4) is 0 Å². The van der Waals surface area contributed by atoms with E-state index in [1.54, 1.807) is 12.1 Å². The molecule has 5 nitrogen and oxygen atoms in total. The lowest BCUT2D eigenvalue weighted by molar-refractivity contribution is 0.0948. The topological polar surface area (TPSA) is 64.0 Å². The zero-order valence-electron chi connectivity index (χ0n) is 16.1. The molecule has 0 aliphatic heterocycles. The van der Waals surface area contributed by atoms with Crippen LogP contribution in [0.15, 0.2) is 71.7 Å². The number of amides is 1. The molecular weight excluding hydrogens is 407 g/mol. The quantitative estimate of drug-likeness (QED) is 0.531. The van der Waals surface area contributed by atoms with Gasteiger partial charge in [0.1, 0.15) is 28.7 Å². The fourth-order valence-corrected chi connectivity index (χ4v) is 3.25. The molecule has 0 radical (unpaired) electrons. The van der Waals surface area contributed by atoms with Gasteiger partial charge in [0.2, 0.25) is 0 Å². The summed E-state index contributed by atoms with van der Waals surface area (Å²) in [7, 11) is 0. The molecule has 0 saturated heterocycles. The molecule has 0 fully saturated rings. The summed E-state index contributed by atoms with van der Waals surface area (Å²) in [6.07, 6.45) is 1.52. The number of benzene rings is 2. The number of rotatable bonds is 5. The summed E-state index contributed by atoms with van der Waals surface area (Å²) < 4.78 is 42.2. The predicted octanol–water partition coefficient (Wildman–Crippen LogP) is 3.79. The van der Waals surface area contributed by atoms with Crippen molar-refractivity contribution >= 4 is 16.9 Å². The third kappa shape index (κ3) is 4.18. The van der Waals surface area contributed by atoms with Gasteiger partial charge in [0, 0.05) is 23.7 Å². The molecule has 1 N–H and O–H groups in total. The Morgan fingerprint density at radius 2 is 1.68 bits per heavy atom. The van der Waals surface area contributed by atoms with Crippen LogP contribution in [0.3, 0.4) is 0 Å². The van der Waals surface area contributed by atoms with Gasteiger partial charge >= 0.3 is 0 Å². The minimum Gasteiger partial charge on any atom is -0.348 e. The maximum absolute atomic E-state index is 13.8. The van der Waals surface area contributed by atoms with Crippen molar-refractivity contribution in [3.63, 3.8) is 0 Å². The Labute approximate surface area is 174 Å². The Bertz CT molecular complexity index is 1310. The van der Waals surface area contributed by atoms with Gasteiger partial charge in [-0.15, -0.1) is 0 Å². The van der Waals surface area contributed by atoms with Gasteiger partial charge in [0.05, 0.1) is 6.54 Å². The number of fused-ring (bicyclic) bond motifs is 1. The fraction of sp³-hybridized carbons (Fsp3) is 0.0870. The molecule has 156 valence electrons. The summed E-state index contributed by atoms with van der Waals surface area (Å²) in [5, 5.41) is 2.93. The van der Waals surface area contributed by atoms with Crippen LogP contribution in [-0.4, -0.2) is 15.5 Å². The zero-order chi connectivity index (χ0) is 22.0. The van der Waals surface area contributed by atoms with Crippen LogP contribution in [0, 0.1) is 17.5 Å². The van der Waals surface area contributed by atoms with Crippen molar-refractivity contribution in [1.29, 1.82) is 0 Å². The summed E-state index contributed by atoms with van der Waals surface area (Å²) in [4.78, 5) is 30.0. The van der Waals surface area contributed by atoms with Crippen molar-refractivity contribution < 1.29 is 18.0 Å². The largest absolute Gasteiger partial charge is 0.348 e. The standard InChI is InChI=1S/C23H16F3N3O2/c24-16-8-6-14(7-9-16)13-29-21-15(3-2-10-27-21)11-17(23(29)31)22(30)28-12-18-19(25)4-1-5-20(18)26/h1-11H,12-13H2,(H,28,30). The van der Waals surface area contributed by atoms with Gasteiger partial charge in [0.25, 0.3) is 11.5 Å². The number of carbonyl (C=O) groups excluding carboxylic acids is 1. The number of pyridine rings is 2. The number of carbonyl (C=O) groups is 1. The molecule has 4 aromatic rings. The zero-order valence-corrected chi connectivity index (χ0v) is 16.1. The highest BCUT2D eigenvalue weighted by Crippen LogP contribution is 2.15. The van der Waals surface area contributed by atoms with Gasteiger partial charge in [-0.2, -0.15) is 0 Å². The van der Waals surface area contributed by atoms with E-state index in [1.807, 2.05) is 0 Å². The Kier molecular flexibility index (Phi) is 5.53. The predicted molar refractivity (Wildman–Crippen MR) is 109 cm³/mol. The van der Waals surface area contributed by atoms with E-state index in [0.29, 0.717) is 16.6 Å². The van der Waals surface area contributed by atoms with Crippen LogP contribution in [0.25, 0.3) is 11.0 Å². The normalized spacial score (nSPS) is 10.9. The van der Waals surface area contributed by atoms with Crippen LogP contribution in [0.1, 0.15) is 21.5 Å². The van der Waals surface area contributed by atoms with E-state index in [1.165, 1.54) is 47.2 Å². The van der Waals surface area contributed by atoms with Crippen LogP contribution in [-0.2, 0) is 13.1 Å². The van der Waals surface area contributed by atoms with Crippen LogP contribution in [0.4, 0.5) is 13.2 Å². The van der Waals surface area contributed by atoms with Gasteiger partial charge in [-0.1, -0.05) is 18.2 Å². The molecule has 0 spiro atoms. The SMILES string of the molecule is O=C(NCc1c(F)cccc1F)c1cc2cccnc2n(Cc2ccc(F)cc2)c1=O. The first-order valence-electron chi connectivity index (χ1n) is 9.38. The lowest BCUT2D eigenvalue weighted by Crippen LogP contribution is -2.33. The monoisotopic (exact) mass is 423 g/mol. The molecule has 2 heterocycles. The second kappa shape index (κ2) is 8.43. The number of hydrogen-bond donors (Lipinski definition) is 1. The molecule has 1 amide bonds. The lowest BCUT2D eigenvalue weighted by Gasteiger charge is -2.13. The van der Waals surface area contributed by atoms with E-state index in [2.05, 4.69) is 10.3 Å². The molecule has 0 unspecified atom stereocenters. The van der Waals surface area contributed by atoms with E-state index >= 15 is 0 Å². The van der Waals surface area contributed by atoms with Crippen molar-refractivity contribution in [1.82, 2.24) is 14.9 Å². The fourth-order valence-electron chi connectivity index (χ4n) is 3.25. The summed E-state index contributed by atoms with van der Waals surface area (Å²) in [5.74, 6) is -2.77. The summed E-state index contributed by atoms with van der Waals surface area (Å²) in [5.41, 5.74) is -0.124. The van der Waals surface area contributed by atoms with Gasteiger partial charge in [-0.05, 0) is 48.0 Å². The maximum atomic E-state index is 13.8. The second-order valence-electron chi connectivity index (χ2n) is 6.87. The summed E-state index contributed by atoms with van der Waals surface area (Å²) >= 11 is 0. The molecule has 8 heteroatoms. The van der Waals surface area contributed by atoms with E-state index in [-0.39, 0.29) is 17.7 Å². The Balaban J connectivity index is 1.71. The van der Waals surface area contributed by atoms with Crippen molar-refractivity contribution in [2.75, 3.05) is 0 Å². The first-order chi connectivity index (χ1) is 14.9. The number of halogens is 3. The molecule has 0 atom stereocenters. The minimum atomic E-state index is -0.795. The Morgan fingerprint density at radius 1 is 0.968 bits per heavy atom. The van der Waals surface area contributed by atoms with Crippen LogP contribution >= 0.6 is 0 Å². The van der Waals surface area contributed by atoms with Crippen LogP contribution in [0.5, 0.6) is 0 Å². The lowest BCUT2D eigenvalue weighted by atomic mass is 10.1. The van der Waals surface area contributed by atoms with Crippen molar-refractivity contribution in [3.05, 3.63) is 111 Å². The maximum Gasteiger partial charge on any atom is 0.265 e. The number of nitrogens with zero attached hydrogens (tertiary/aromatic N) is 2. The van der Waals surface area contributed by atoms with Gasteiger partial charge in [-0.25, -0.2) is 18.2 Å². The highest BCUT2D eigenvalue weighted by molar-refractivity contribution is 5.96. The van der Waals surface area contributed by atoms with Crippen molar-refractivity contribution in [2.45, 2.75) is 13.1 Å². The highest BCUT2D eigenvalue weighted by Gasteiger charge is 2.18. The molecule has 0 bridgehead atoms. The molecule has 4 rings (SSSR count). The van der Waals surface area contributed by atoms with Crippen LogP contribution in [0.2, 0.25) is 0 Å². The van der Waals surface area contributed by atoms with Gasteiger partial charge < -0.3 is 5.32 Å². The van der Waals surface area contributed by atoms with Gasteiger partial charge in [0.15, 0.2) is 0 Å². The molecule has 2 aromatic carbocycles. The number of aromatic nitrogens is 2. The molecular formula is C23H16F3N3O2. The van der Waals surface area contributed by atoms with E-state index in [0.717, 1.165) is 12.1 Å². The van der Waals surface area contributed by atoms with E-state index in [4.69, 9.17) is 0 Å². The number of hydrogen-bond acceptors (Lipinski definition) is 3. The highest BCUT2D eigenvalue weighted by atomic mass is 19.1. The molecule has 0 saturated carbocycles. The molecule has 0 aliphatic carbocycles. The Hall–Kier alpha value is -3.94. The first-order valence-corrected chi connectivity index (χ1v) is 9.38. The smallest absolute Gasteiger partial charge is 0.265 e. The van der Waals surface area contributed by atoms with Crippen LogP contribution < -0.4 is 10.9 Å². The molecule has 0 aliphatic rings. The number of nitrogens with one attached hydrogen (secondary N) is 1. The summed E-state index contributed by atoms with van der Waals surface area (Å²) in [6, 6.07) is 13.7. The first kappa shape index (κ1) is 20.3. The third-order valence-corrected chi connectivity index (χ3v) is 4.83. The summed E-state index contributed by atoms with van der Waals surface area (Å²) in [6.45, 7) is -0.352. The second-order valence-corrected chi connectivity index (χ2v) is 6.87. The average Bonchev–Trinajstić information content (AvgIpc) is 2.76. The van der Waals surface area contributed by atoms with Gasteiger partial charge in [-0.3, -0.25) is 14.2 Å². The molecule has 2 aromatic heterocycles. The molecule has 31 heavy (non-hydrogen) atoms. The minimum absolute atomic E-state index is 0.0652. The van der Waals surface area contributed by atoms with E-state index < -0.39 is 35.5 Å². The van der Waals surface area contributed by atoms with E-state index in [9.17, 15) is 22.8 Å². The van der Waals surface area contributed by atoms with Crippen molar-refractivity contribution in [2.24, 2.45) is 0 Å².